The van der Waals surface area contributed by atoms with E-state index in [2.05, 4.69) is 21.2 Å². The molecule has 0 bridgehead atoms. The van der Waals surface area contributed by atoms with Crippen LogP contribution >= 0.6 is 27.3 Å². The number of amides is 1. The van der Waals surface area contributed by atoms with Gasteiger partial charge < -0.3 is 20.1 Å². The van der Waals surface area contributed by atoms with Crippen LogP contribution in [0.25, 0.3) is 0 Å². The van der Waals surface area contributed by atoms with E-state index in [1.165, 1.54) is 16.2 Å². The predicted molar refractivity (Wildman–Crippen MR) is 98.7 cm³/mol. The van der Waals surface area contributed by atoms with E-state index in [1.807, 2.05) is 11.4 Å². The number of hydrogen-bond donors (Lipinski definition) is 2. The van der Waals surface area contributed by atoms with Crippen LogP contribution in [-0.4, -0.2) is 53.8 Å². The Kier molecular flexibility index (Phi) is 6.14. The van der Waals surface area contributed by atoms with Crippen LogP contribution in [0.3, 0.4) is 0 Å². The molecule has 1 aromatic rings. The van der Waals surface area contributed by atoms with Gasteiger partial charge in [-0.1, -0.05) is 19.3 Å². The number of carbonyl (C=O) groups is 2. The largest absolute Gasteiger partial charge is 0.417 e. The van der Waals surface area contributed by atoms with E-state index in [-0.39, 0.29) is 0 Å². The minimum absolute atomic E-state index is 0.519. The first-order chi connectivity index (χ1) is 12.0. The van der Waals surface area contributed by atoms with Gasteiger partial charge in [0.1, 0.15) is 5.92 Å². The number of carbonyl (C=O) groups excluding carboxylic acids is 2. The molecule has 138 valence electrons. The third-order valence-electron chi connectivity index (χ3n) is 4.93. The van der Waals surface area contributed by atoms with Gasteiger partial charge in [0.15, 0.2) is 0 Å². The van der Waals surface area contributed by atoms with Crippen LogP contribution in [0.1, 0.15) is 42.9 Å². The van der Waals surface area contributed by atoms with E-state index in [0.717, 1.165) is 28.6 Å². The lowest BCUT2D eigenvalue weighted by atomic mass is 9.75. The van der Waals surface area contributed by atoms with Gasteiger partial charge in [-0.15, -0.1) is 11.3 Å². The first kappa shape index (κ1) is 18.8. The van der Waals surface area contributed by atoms with E-state index in [1.54, 1.807) is 0 Å². The molecule has 8 heteroatoms. The Balaban J connectivity index is 1.78. The second-order valence-corrected chi connectivity index (χ2v) is 8.55. The van der Waals surface area contributed by atoms with Gasteiger partial charge in [0, 0.05) is 40.9 Å². The molecule has 3 rings (SSSR count). The van der Waals surface area contributed by atoms with Crippen molar-refractivity contribution in [2.45, 2.75) is 43.6 Å². The van der Waals surface area contributed by atoms with Crippen molar-refractivity contribution >= 4 is 39.3 Å². The molecule has 2 heterocycles. The molecule has 0 radical (unpaired) electrons. The van der Waals surface area contributed by atoms with Crippen molar-refractivity contribution in [3.05, 3.63) is 20.8 Å². The number of rotatable bonds is 3. The summed E-state index contributed by atoms with van der Waals surface area (Å²) in [5, 5.41) is 16.2. The highest BCUT2D eigenvalue weighted by atomic mass is 79.9. The molecule has 25 heavy (non-hydrogen) atoms. The SMILES string of the molecule is O=C(OC(=O)N1CCNCC1)C(c1cc(Br)cs1)C1(O)CCCCC1. The quantitative estimate of drug-likeness (QED) is 0.569. The van der Waals surface area contributed by atoms with Gasteiger partial charge in [-0.3, -0.25) is 4.79 Å². The van der Waals surface area contributed by atoms with Crippen LogP contribution in [0.4, 0.5) is 4.79 Å². The second kappa shape index (κ2) is 8.16. The normalized spacial score (nSPS) is 21.6. The Labute approximate surface area is 159 Å². The van der Waals surface area contributed by atoms with Gasteiger partial charge >= 0.3 is 12.1 Å². The number of esters is 1. The summed E-state index contributed by atoms with van der Waals surface area (Å²) in [6.45, 7) is 2.42. The van der Waals surface area contributed by atoms with E-state index >= 15 is 0 Å². The fourth-order valence-corrected chi connectivity index (χ4v) is 5.23. The summed E-state index contributed by atoms with van der Waals surface area (Å²) in [6.07, 6.45) is 3.27. The van der Waals surface area contributed by atoms with Crippen LogP contribution in [0.2, 0.25) is 0 Å². The minimum Gasteiger partial charge on any atom is -0.389 e. The highest BCUT2D eigenvalue weighted by Crippen LogP contribution is 2.43. The van der Waals surface area contributed by atoms with E-state index in [0.29, 0.717) is 39.0 Å². The molecular formula is C17H23BrN2O4S. The molecule has 2 aliphatic rings. The maximum Gasteiger partial charge on any atom is 0.417 e. The molecule has 1 aromatic heterocycles. The number of halogens is 1. The maximum absolute atomic E-state index is 12.9. The number of nitrogens with one attached hydrogen (secondary N) is 1. The summed E-state index contributed by atoms with van der Waals surface area (Å²) < 4.78 is 6.05. The van der Waals surface area contributed by atoms with E-state index in [9.17, 15) is 14.7 Å². The summed E-state index contributed by atoms with van der Waals surface area (Å²) >= 11 is 4.80. The molecule has 1 aliphatic heterocycles. The number of ether oxygens (including phenoxy) is 1. The fraction of sp³-hybridized carbons (Fsp3) is 0.647. The average Bonchev–Trinajstić information content (AvgIpc) is 3.01. The molecule has 1 saturated heterocycles. The Morgan fingerprint density at radius 3 is 2.56 bits per heavy atom. The van der Waals surface area contributed by atoms with Crippen LogP contribution in [0.15, 0.2) is 15.9 Å². The molecule has 1 atom stereocenters. The van der Waals surface area contributed by atoms with Crippen molar-refractivity contribution in [3.63, 3.8) is 0 Å². The third-order valence-corrected chi connectivity index (χ3v) is 6.69. The second-order valence-electron chi connectivity index (χ2n) is 6.69. The summed E-state index contributed by atoms with van der Waals surface area (Å²) in [7, 11) is 0. The number of nitrogens with zero attached hydrogens (tertiary/aromatic N) is 1. The van der Waals surface area contributed by atoms with Crippen LogP contribution < -0.4 is 5.32 Å². The molecule has 1 amide bonds. The lowest BCUT2D eigenvalue weighted by molar-refractivity contribution is -0.149. The van der Waals surface area contributed by atoms with Crippen molar-refractivity contribution in [1.82, 2.24) is 10.2 Å². The molecule has 2 fully saturated rings. The number of piperazine rings is 1. The maximum atomic E-state index is 12.9. The first-order valence-electron chi connectivity index (χ1n) is 8.67. The predicted octanol–water partition coefficient (Wildman–Crippen LogP) is 2.86. The zero-order valence-corrected chi connectivity index (χ0v) is 16.4. The van der Waals surface area contributed by atoms with Crippen molar-refractivity contribution in [2.24, 2.45) is 0 Å². The van der Waals surface area contributed by atoms with Crippen LogP contribution in [-0.2, 0) is 9.53 Å². The zero-order chi connectivity index (χ0) is 17.9. The van der Waals surface area contributed by atoms with Gasteiger partial charge in [0.2, 0.25) is 0 Å². The summed E-state index contributed by atoms with van der Waals surface area (Å²) in [5.74, 6) is -1.47. The van der Waals surface area contributed by atoms with Crippen LogP contribution in [0.5, 0.6) is 0 Å². The molecule has 0 aromatic carbocycles. The molecule has 0 spiro atoms. The highest BCUT2D eigenvalue weighted by molar-refractivity contribution is 9.10. The summed E-state index contributed by atoms with van der Waals surface area (Å²) in [4.78, 5) is 27.4. The molecule has 1 aliphatic carbocycles. The van der Waals surface area contributed by atoms with Crippen LogP contribution in [0, 0.1) is 0 Å². The standard InChI is InChI=1S/C17H23BrN2O4S/c18-12-10-13(25-11-12)14(17(23)4-2-1-3-5-17)15(21)24-16(22)20-8-6-19-7-9-20/h10-11,14,19,23H,1-9H2. The van der Waals surface area contributed by atoms with Gasteiger partial charge in [-0.05, 0) is 34.8 Å². The van der Waals surface area contributed by atoms with E-state index in [4.69, 9.17) is 4.74 Å². The third kappa shape index (κ3) is 4.42. The molecule has 1 unspecified atom stereocenters. The van der Waals surface area contributed by atoms with Gasteiger partial charge in [0.25, 0.3) is 0 Å². The average molecular weight is 431 g/mol. The number of aliphatic hydroxyl groups is 1. The summed E-state index contributed by atoms with van der Waals surface area (Å²) in [5.41, 5.74) is -1.15. The lowest BCUT2D eigenvalue weighted by Crippen LogP contribution is -2.48. The zero-order valence-electron chi connectivity index (χ0n) is 14.0. The van der Waals surface area contributed by atoms with Gasteiger partial charge in [-0.2, -0.15) is 0 Å². The number of hydrogen-bond acceptors (Lipinski definition) is 6. The molecule has 1 saturated carbocycles. The van der Waals surface area contributed by atoms with Crippen molar-refractivity contribution in [1.29, 1.82) is 0 Å². The van der Waals surface area contributed by atoms with Crippen molar-refractivity contribution in [3.8, 4) is 0 Å². The van der Waals surface area contributed by atoms with E-state index < -0.39 is 23.6 Å². The Bertz CT molecular complexity index is 624. The van der Waals surface area contributed by atoms with Crippen molar-refractivity contribution < 1.29 is 19.4 Å². The van der Waals surface area contributed by atoms with Gasteiger partial charge in [-0.25, -0.2) is 4.79 Å². The minimum atomic E-state index is -1.15. The number of thiophene rings is 1. The molecule has 6 nitrogen and oxygen atoms in total. The van der Waals surface area contributed by atoms with Gasteiger partial charge in [0.05, 0.1) is 5.60 Å². The Morgan fingerprint density at radius 2 is 1.96 bits per heavy atom. The Hall–Kier alpha value is -0.960. The first-order valence-corrected chi connectivity index (χ1v) is 10.3. The topological polar surface area (TPSA) is 78.9 Å². The summed E-state index contributed by atoms with van der Waals surface area (Å²) in [6, 6.07) is 1.83. The molecule has 2 N–H and O–H groups in total. The lowest BCUT2D eigenvalue weighted by Gasteiger charge is -2.37. The highest BCUT2D eigenvalue weighted by Gasteiger charge is 2.45. The monoisotopic (exact) mass is 430 g/mol. The Morgan fingerprint density at radius 1 is 1.28 bits per heavy atom. The van der Waals surface area contributed by atoms with Crippen molar-refractivity contribution in [2.75, 3.05) is 26.2 Å². The fourth-order valence-electron chi connectivity index (χ4n) is 3.59. The smallest absolute Gasteiger partial charge is 0.389 e. The molecular weight excluding hydrogens is 408 g/mol.